The summed E-state index contributed by atoms with van der Waals surface area (Å²) in [5.41, 5.74) is 6.79. The van der Waals surface area contributed by atoms with Crippen LogP contribution in [-0.4, -0.2) is 14.7 Å². The van der Waals surface area contributed by atoms with Crippen LogP contribution in [0.25, 0.3) is 0 Å². The SMILES string of the molecule is C[C@@H](N)c1ccc(Oc2cccc(S(C)(=O)=O)c2)cc1. The van der Waals surface area contributed by atoms with Crippen LogP contribution in [0.5, 0.6) is 11.5 Å². The Kier molecular flexibility index (Phi) is 4.11. The summed E-state index contributed by atoms with van der Waals surface area (Å²) in [6, 6.07) is 13.8. The summed E-state index contributed by atoms with van der Waals surface area (Å²) < 4.78 is 28.6. The third-order valence-corrected chi connectivity index (χ3v) is 3.99. The molecule has 0 aliphatic rings. The minimum atomic E-state index is -3.23. The van der Waals surface area contributed by atoms with E-state index in [1.165, 1.54) is 12.3 Å². The summed E-state index contributed by atoms with van der Waals surface area (Å²) in [5, 5.41) is 0. The fourth-order valence-electron chi connectivity index (χ4n) is 1.74. The van der Waals surface area contributed by atoms with Gasteiger partial charge < -0.3 is 10.5 Å². The van der Waals surface area contributed by atoms with Gasteiger partial charge in [0.05, 0.1) is 4.90 Å². The second-order valence-electron chi connectivity index (χ2n) is 4.71. The highest BCUT2D eigenvalue weighted by Crippen LogP contribution is 2.25. The highest BCUT2D eigenvalue weighted by molar-refractivity contribution is 7.90. The first-order valence-electron chi connectivity index (χ1n) is 6.20. The number of nitrogens with two attached hydrogens (primary N) is 1. The van der Waals surface area contributed by atoms with Crippen LogP contribution >= 0.6 is 0 Å². The van der Waals surface area contributed by atoms with Gasteiger partial charge >= 0.3 is 0 Å². The first-order valence-corrected chi connectivity index (χ1v) is 8.09. The molecule has 0 heterocycles. The van der Waals surface area contributed by atoms with Crippen molar-refractivity contribution in [2.24, 2.45) is 5.73 Å². The molecule has 2 aromatic rings. The van der Waals surface area contributed by atoms with Gasteiger partial charge in [0.2, 0.25) is 0 Å². The normalized spacial score (nSPS) is 12.9. The van der Waals surface area contributed by atoms with Crippen LogP contribution in [0.3, 0.4) is 0 Å². The van der Waals surface area contributed by atoms with Crippen LogP contribution < -0.4 is 10.5 Å². The van der Waals surface area contributed by atoms with E-state index in [0.29, 0.717) is 11.5 Å². The molecule has 0 unspecified atom stereocenters. The van der Waals surface area contributed by atoms with Crippen molar-refractivity contribution in [2.75, 3.05) is 6.26 Å². The molecule has 4 nitrogen and oxygen atoms in total. The zero-order valence-electron chi connectivity index (χ0n) is 11.4. The Morgan fingerprint density at radius 2 is 1.70 bits per heavy atom. The molecule has 5 heteroatoms. The van der Waals surface area contributed by atoms with Gasteiger partial charge in [0.25, 0.3) is 0 Å². The molecular formula is C15H17NO3S. The maximum atomic E-state index is 11.5. The van der Waals surface area contributed by atoms with Gasteiger partial charge in [-0.05, 0) is 42.8 Å². The quantitative estimate of drug-likeness (QED) is 0.940. The molecule has 0 radical (unpaired) electrons. The Balaban J connectivity index is 2.22. The smallest absolute Gasteiger partial charge is 0.175 e. The second kappa shape index (κ2) is 5.64. The van der Waals surface area contributed by atoms with E-state index in [2.05, 4.69) is 0 Å². The molecule has 0 fully saturated rings. The van der Waals surface area contributed by atoms with E-state index in [9.17, 15) is 8.42 Å². The van der Waals surface area contributed by atoms with E-state index in [-0.39, 0.29) is 10.9 Å². The number of hydrogen-bond donors (Lipinski definition) is 1. The molecule has 0 spiro atoms. The summed E-state index contributed by atoms with van der Waals surface area (Å²) in [6.45, 7) is 1.91. The number of rotatable bonds is 4. The second-order valence-corrected chi connectivity index (χ2v) is 6.72. The van der Waals surface area contributed by atoms with Crippen molar-refractivity contribution in [3.63, 3.8) is 0 Å². The average molecular weight is 291 g/mol. The maximum Gasteiger partial charge on any atom is 0.175 e. The Hall–Kier alpha value is -1.85. The van der Waals surface area contributed by atoms with Gasteiger partial charge in [-0.25, -0.2) is 8.42 Å². The highest BCUT2D eigenvalue weighted by atomic mass is 32.2. The van der Waals surface area contributed by atoms with Crippen LogP contribution in [0.2, 0.25) is 0 Å². The van der Waals surface area contributed by atoms with Crippen LogP contribution in [0.1, 0.15) is 18.5 Å². The van der Waals surface area contributed by atoms with Crippen LogP contribution in [0.15, 0.2) is 53.4 Å². The van der Waals surface area contributed by atoms with Gasteiger partial charge in [0.1, 0.15) is 11.5 Å². The highest BCUT2D eigenvalue weighted by Gasteiger charge is 2.08. The molecule has 2 rings (SSSR count). The lowest BCUT2D eigenvalue weighted by Gasteiger charge is -2.09. The van der Waals surface area contributed by atoms with Crippen molar-refractivity contribution in [1.29, 1.82) is 0 Å². The van der Waals surface area contributed by atoms with Gasteiger partial charge in [-0.15, -0.1) is 0 Å². The standard InChI is InChI=1S/C15H17NO3S/c1-11(16)12-6-8-13(9-7-12)19-14-4-3-5-15(10-14)20(2,17)18/h3-11H,16H2,1-2H3/t11-/m1/s1. The molecule has 20 heavy (non-hydrogen) atoms. The van der Waals surface area contributed by atoms with Crippen molar-refractivity contribution < 1.29 is 13.2 Å². The molecule has 0 saturated carbocycles. The average Bonchev–Trinajstić information content (AvgIpc) is 2.38. The number of benzene rings is 2. The fraction of sp³-hybridized carbons (Fsp3) is 0.200. The molecule has 0 amide bonds. The third kappa shape index (κ3) is 3.59. The van der Waals surface area contributed by atoms with E-state index in [1.807, 2.05) is 31.2 Å². The molecule has 2 N–H and O–H groups in total. The lowest BCUT2D eigenvalue weighted by Crippen LogP contribution is -2.04. The molecule has 0 bridgehead atoms. The Morgan fingerprint density at radius 1 is 1.05 bits per heavy atom. The van der Waals surface area contributed by atoms with Crippen LogP contribution in [0.4, 0.5) is 0 Å². The molecule has 2 aromatic carbocycles. The Morgan fingerprint density at radius 3 is 2.25 bits per heavy atom. The topological polar surface area (TPSA) is 69.4 Å². The van der Waals surface area contributed by atoms with E-state index in [0.717, 1.165) is 5.56 Å². The summed E-state index contributed by atoms with van der Waals surface area (Å²) in [5.74, 6) is 1.13. The van der Waals surface area contributed by atoms with Crippen LogP contribution in [0, 0.1) is 0 Å². The molecule has 0 aromatic heterocycles. The zero-order chi connectivity index (χ0) is 14.8. The number of sulfone groups is 1. The number of ether oxygens (including phenoxy) is 1. The third-order valence-electron chi connectivity index (χ3n) is 2.88. The summed E-state index contributed by atoms with van der Waals surface area (Å²) in [7, 11) is -3.23. The van der Waals surface area contributed by atoms with Gasteiger partial charge in [-0.2, -0.15) is 0 Å². The summed E-state index contributed by atoms with van der Waals surface area (Å²) in [4.78, 5) is 0.238. The lowest BCUT2D eigenvalue weighted by molar-refractivity contribution is 0.480. The molecule has 0 saturated heterocycles. The molecule has 1 atom stereocenters. The van der Waals surface area contributed by atoms with E-state index in [1.54, 1.807) is 18.2 Å². The lowest BCUT2D eigenvalue weighted by atomic mass is 10.1. The maximum absolute atomic E-state index is 11.5. The van der Waals surface area contributed by atoms with Crippen molar-refractivity contribution in [1.82, 2.24) is 0 Å². The van der Waals surface area contributed by atoms with Crippen molar-refractivity contribution >= 4 is 9.84 Å². The largest absolute Gasteiger partial charge is 0.457 e. The predicted octanol–water partition coefficient (Wildman–Crippen LogP) is 2.90. The molecular weight excluding hydrogens is 274 g/mol. The van der Waals surface area contributed by atoms with Gasteiger partial charge in [0.15, 0.2) is 9.84 Å². The first-order chi connectivity index (χ1) is 9.36. The Labute approximate surface area is 119 Å². The van der Waals surface area contributed by atoms with Crippen LogP contribution in [-0.2, 0) is 9.84 Å². The first kappa shape index (κ1) is 14.6. The predicted molar refractivity (Wildman–Crippen MR) is 78.7 cm³/mol. The van der Waals surface area contributed by atoms with Crippen molar-refractivity contribution in [3.8, 4) is 11.5 Å². The summed E-state index contributed by atoms with van der Waals surface area (Å²) in [6.07, 6.45) is 1.17. The minimum absolute atomic E-state index is 0.0300. The van der Waals surface area contributed by atoms with E-state index in [4.69, 9.17) is 10.5 Å². The Bertz CT molecular complexity index is 691. The van der Waals surface area contributed by atoms with Gasteiger partial charge in [0, 0.05) is 12.3 Å². The van der Waals surface area contributed by atoms with Gasteiger partial charge in [-0.1, -0.05) is 18.2 Å². The zero-order valence-corrected chi connectivity index (χ0v) is 12.2. The molecule has 0 aliphatic heterocycles. The van der Waals surface area contributed by atoms with Crippen molar-refractivity contribution in [3.05, 3.63) is 54.1 Å². The molecule has 106 valence electrons. The molecule has 0 aliphatic carbocycles. The monoisotopic (exact) mass is 291 g/mol. The van der Waals surface area contributed by atoms with E-state index >= 15 is 0 Å². The fourth-order valence-corrected chi connectivity index (χ4v) is 2.40. The van der Waals surface area contributed by atoms with Gasteiger partial charge in [-0.3, -0.25) is 0 Å². The summed E-state index contributed by atoms with van der Waals surface area (Å²) >= 11 is 0. The van der Waals surface area contributed by atoms with E-state index < -0.39 is 9.84 Å². The minimum Gasteiger partial charge on any atom is -0.457 e. The van der Waals surface area contributed by atoms with Crippen molar-refractivity contribution in [2.45, 2.75) is 17.9 Å². The number of hydrogen-bond acceptors (Lipinski definition) is 4.